The molecule has 108 valence electrons. The van der Waals surface area contributed by atoms with Crippen molar-refractivity contribution in [2.75, 3.05) is 6.61 Å². The van der Waals surface area contributed by atoms with Crippen molar-refractivity contribution in [1.29, 1.82) is 0 Å². The summed E-state index contributed by atoms with van der Waals surface area (Å²) in [6.07, 6.45) is 3.79. The molecule has 21 heavy (non-hydrogen) atoms. The van der Waals surface area contributed by atoms with Crippen LogP contribution in [-0.2, 0) is 22.4 Å². The normalized spacial score (nSPS) is 17.2. The van der Waals surface area contributed by atoms with Gasteiger partial charge in [0.05, 0.1) is 6.10 Å². The van der Waals surface area contributed by atoms with E-state index in [-0.39, 0.29) is 18.5 Å². The number of rotatable bonds is 5. The summed E-state index contributed by atoms with van der Waals surface area (Å²) in [6, 6.07) is 18.2. The van der Waals surface area contributed by atoms with Gasteiger partial charge in [0.15, 0.2) is 5.78 Å². The van der Waals surface area contributed by atoms with Crippen molar-refractivity contribution in [2.45, 2.75) is 31.8 Å². The molecule has 1 unspecified atom stereocenters. The van der Waals surface area contributed by atoms with Crippen LogP contribution in [0, 0.1) is 0 Å². The Labute approximate surface area is 125 Å². The first-order chi connectivity index (χ1) is 10.3. The molecule has 0 aliphatic heterocycles. The predicted octanol–water partition coefficient (Wildman–Crippen LogP) is 3.89. The molecule has 0 bridgehead atoms. The Kier molecular flexibility index (Phi) is 4.46. The van der Waals surface area contributed by atoms with E-state index in [0.29, 0.717) is 6.42 Å². The lowest BCUT2D eigenvalue weighted by Crippen LogP contribution is -2.18. The molecule has 0 saturated carbocycles. The fourth-order valence-corrected chi connectivity index (χ4v) is 2.95. The van der Waals surface area contributed by atoms with Crippen LogP contribution in [0.1, 0.15) is 35.6 Å². The van der Waals surface area contributed by atoms with Crippen LogP contribution in [0.25, 0.3) is 0 Å². The molecule has 2 aromatic rings. The molecule has 3 rings (SSSR count). The second kappa shape index (κ2) is 6.68. The maximum atomic E-state index is 12.0. The molecule has 0 N–H and O–H groups in total. The molecule has 0 radical (unpaired) electrons. The molecule has 0 amide bonds. The van der Waals surface area contributed by atoms with Gasteiger partial charge >= 0.3 is 0 Å². The number of fused-ring (bicyclic) bond motifs is 1. The van der Waals surface area contributed by atoms with E-state index in [1.807, 2.05) is 36.4 Å². The molecule has 0 heterocycles. The first-order valence-electron chi connectivity index (χ1n) is 7.58. The van der Waals surface area contributed by atoms with Gasteiger partial charge < -0.3 is 4.74 Å². The molecule has 2 aromatic carbocycles. The topological polar surface area (TPSA) is 26.3 Å². The number of ketones is 1. The predicted molar refractivity (Wildman–Crippen MR) is 83.2 cm³/mol. The molecule has 0 aromatic heterocycles. The van der Waals surface area contributed by atoms with Crippen LogP contribution in [0.4, 0.5) is 0 Å². The summed E-state index contributed by atoms with van der Waals surface area (Å²) in [5.74, 6) is 0.143. The number of aryl methyl sites for hydroxylation is 1. The molecule has 0 fully saturated rings. The first-order valence-corrected chi connectivity index (χ1v) is 7.58. The monoisotopic (exact) mass is 280 g/mol. The Morgan fingerprint density at radius 3 is 2.67 bits per heavy atom. The Balaban J connectivity index is 1.57. The average molecular weight is 280 g/mol. The van der Waals surface area contributed by atoms with Gasteiger partial charge in [-0.25, -0.2) is 0 Å². The van der Waals surface area contributed by atoms with Crippen molar-refractivity contribution >= 4 is 5.78 Å². The van der Waals surface area contributed by atoms with E-state index in [1.54, 1.807) is 0 Å². The number of hydrogen-bond acceptors (Lipinski definition) is 2. The minimum atomic E-state index is 0.0784. The van der Waals surface area contributed by atoms with Crippen LogP contribution in [0.3, 0.4) is 0 Å². The lowest BCUT2D eigenvalue weighted by Gasteiger charge is -2.25. The zero-order chi connectivity index (χ0) is 14.5. The number of ether oxygens (including phenoxy) is 1. The van der Waals surface area contributed by atoms with Gasteiger partial charge in [-0.2, -0.15) is 0 Å². The van der Waals surface area contributed by atoms with Crippen LogP contribution in [-0.4, -0.2) is 12.4 Å². The maximum Gasteiger partial charge on any atom is 0.162 e. The minimum absolute atomic E-state index is 0.0784. The third-order valence-electron chi connectivity index (χ3n) is 4.00. The van der Waals surface area contributed by atoms with Gasteiger partial charge in [0, 0.05) is 6.42 Å². The molecule has 1 aliphatic carbocycles. The summed E-state index contributed by atoms with van der Waals surface area (Å²) >= 11 is 0. The third kappa shape index (κ3) is 3.59. The SMILES string of the molecule is O=C(COC1CCCc2ccccc21)Cc1ccccc1. The smallest absolute Gasteiger partial charge is 0.162 e. The van der Waals surface area contributed by atoms with Crippen LogP contribution in [0.5, 0.6) is 0 Å². The van der Waals surface area contributed by atoms with Crippen LogP contribution in [0.15, 0.2) is 54.6 Å². The van der Waals surface area contributed by atoms with Gasteiger partial charge in [0.25, 0.3) is 0 Å². The molecular formula is C19H20O2. The van der Waals surface area contributed by atoms with Crippen molar-refractivity contribution in [3.63, 3.8) is 0 Å². The van der Waals surface area contributed by atoms with E-state index in [0.717, 1.165) is 24.8 Å². The van der Waals surface area contributed by atoms with Crippen LogP contribution in [0.2, 0.25) is 0 Å². The second-order valence-corrected chi connectivity index (χ2v) is 5.59. The van der Waals surface area contributed by atoms with Crippen molar-refractivity contribution < 1.29 is 9.53 Å². The maximum absolute atomic E-state index is 12.0. The molecule has 0 spiro atoms. The molecule has 2 heteroatoms. The van der Waals surface area contributed by atoms with E-state index < -0.39 is 0 Å². The summed E-state index contributed by atoms with van der Waals surface area (Å²) in [4.78, 5) is 12.0. The Morgan fingerprint density at radius 2 is 1.81 bits per heavy atom. The molecule has 1 aliphatic rings. The second-order valence-electron chi connectivity index (χ2n) is 5.59. The Morgan fingerprint density at radius 1 is 1.05 bits per heavy atom. The lowest BCUT2D eigenvalue weighted by atomic mass is 9.89. The zero-order valence-corrected chi connectivity index (χ0v) is 12.1. The van der Waals surface area contributed by atoms with Gasteiger partial charge in [-0.1, -0.05) is 54.6 Å². The summed E-state index contributed by atoms with van der Waals surface area (Å²) in [5, 5.41) is 0. The van der Waals surface area contributed by atoms with Crippen molar-refractivity contribution in [2.24, 2.45) is 0 Å². The number of benzene rings is 2. The third-order valence-corrected chi connectivity index (χ3v) is 4.00. The lowest BCUT2D eigenvalue weighted by molar-refractivity contribution is -0.125. The van der Waals surface area contributed by atoms with Gasteiger partial charge in [-0.05, 0) is 36.0 Å². The number of hydrogen-bond donors (Lipinski definition) is 0. The number of carbonyl (C=O) groups excluding carboxylic acids is 1. The van der Waals surface area contributed by atoms with Crippen molar-refractivity contribution in [1.82, 2.24) is 0 Å². The minimum Gasteiger partial charge on any atom is -0.366 e. The average Bonchev–Trinajstić information content (AvgIpc) is 2.54. The fourth-order valence-electron chi connectivity index (χ4n) is 2.95. The Hall–Kier alpha value is -1.93. The number of Topliss-reactive ketones (excluding diaryl/α,β-unsaturated/α-hetero) is 1. The highest BCUT2D eigenvalue weighted by Crippen LogP contribution is 2.32. The number of carbonyl (C=O) groups is 1. The van der Waals surface area contributed by atoms with Gasteiger partial charge in [0.2, 0.25) is 0 Å². The highest BCUT2D eigenvalue weighted by molar-refractivity contribution is 5.82. The molecule has 1 atom stereocenters. The van der Waals surface area contributed by atoms with E-state index in [4.69, 9.17) is 4.74 Å². The largest absolute Gasteiger partial charge is 0.366 e. The van der Waals surface area contributed by atoms with Gasteiger partial charge in [-0.3, -0.25) is 4.79 Å². The zero-order valence-electron chi connectivity index (χ0n) is 12.1. The molecule has 0 saturated heterocycles. The van der Waals surface area contributed by atoms with E-state index in [9.17, 15) is 4.79 Å². The van der Waals surface area contributed by atoms with Gasteiger partial charge in [0.1, 0.15) is 6.61 Å². The summed E-state index contributed by atoms with van der Waals surface area (Å²) < 4.78 is 5.89. The standard InChI is InChI=1S/C19H20O2/c20-17(13-15-7-2-1-3-8-15)14-21-19-12-6-10-16-9-4-5-11-18(16)19/h1-5,7-9,11,19H,6,10,12-14H2. The highest BCUT2D eigenvalue weighted by Gasteiger charge is 2.21. The highest BCUT2D eigenvalue weighted by atomic mass is 16.5. The summed E-state index contributed by atoms with van der Waals surface area (Å²) in [7, 11) is 0. The Bertz CT molecular complexity index is 604. The fraction of sp³-hybridized carbons (Fsp3) is 0.316. The van der Waals surface area contributed by atoms with Crippen LogP contribution < -0.4 is 0 Å². The molecule has 2 nitrogen and oxygen atoms in total. The summed E-state index contributed by atoms with van der Waals surface area (Å²) in [6.45, 7) is 0.202. The van der Waals surface area contributed by atoms with Crippen molar-refractivity contribution in [3.05, 3.63) is 71.3 Å². The summed E-state index contributed by atoms with van der Waals surface area (Å²) in [5.41, 5.74) is 3.68. The van der Waals surface area contributed by atoms with Crippen molar-refractivity contribution in [3.8, 4) is 0 Å². The van der Waals surface area contributed by atoms with Gasteiger partial charge in [-0.15, -0.1) is 0 Å². The van der Waals surface area contributed by atoms with Crippen LogP contribution >= 0.6 is 0 Å². The molecular weight excluding hydrogens is 260 g/mol. The van der Waals surface area contributed by atoms with E-state index in [2.05, 4.69) is 18.2 Å². The van der Waals surface area contributed by atoms with E-state index in [1.165, 1.54) is 11.1 Å². The quantitative estimate of drug-likeness (QED) is 0.830. The first kappa shape index (κ1) is 14.0. The van der Waals surface area contributed by atoms with E-state index >= 15 is 0 Å².